The van der Waals surface area contributed by atoms with E-state index in [0.717, 1.165) is 23.3 Å². The SMILES string of the molecule is COc1cccc2c1CCC2(N)C(=O)Nc1ccncc1. The van der Waals surface area contributed by atoms with Gasteiger partial charge in [-0.05, 0) is 42.2 Å². The Balaban J connectivity index is 1.92. The Morgan fingerprint density at radius 3 is 2.81 bits per heavy atom. The summed E-state index contributed by atoms with van der Waals surface area (Å²) < 4.78 is 5.35. The molecule has 21 heavy (non-hydrogen) atoms. The predicted molar refractivity (Wildman–Crippen MR) is 80.0 cm³/mol. The maximum absolute atomic E-state index is 12.6. The van der Waals surface area contributed by atoms with Crippen molar-refractivity contribution in [1.82, 2.24) is 4.98 Å². The minimum atomic E-state index is -1.02. The normalized spacial score (nSPS) is 19.9. The highest BCUT2D eigenvalue weighted by atomic mass is 16.5. The van der Waals surface area contributed by atoms with Crippen molar-refractivity contribution >= 4 is 11.6 Å². The number of anilines is 1. The molecule has 0 radical (unpaired) electrons. The lowest BCUT2D eigenvalue weighted by molar-refractivity contribution is -0.121. The van der Waals surface area contributed by atoms with Crippen LogP contribution >= 0.6 is 0 Å². The molecule has 1 unspecified atom stereocenters. The quantitative estimate of drug-likeness (QED) is 0.901. The lowest BCUT2D eigenvalue weighted by Gasteiger charge is -2.24. The summed E-state index contributed by atoms with van der Waals surface area (Å²) in [6.45, 7) is 0. The van der Waals surface area contributed by atoms with Crippen LogP contribution in [-0.2, 0) is 16.8 Å². The molecule has 108 valence electrons. The van der Waals surface area contributed by atoms with Crippen LogP contribution in [0.15, 0.2) is 42.7 Å². The van der Waals surface area contributed by atoms with Gasteiger partial charge < -0.3 is 15.8 Å². The highest BCUT2D eigenvalue weighted by Crippen LogP contribution is 2.40. The molecule has 3 N–H and O–H groups in total. The van der Waals surface area contributed by atoms with E-state index in [1.165, 1.54) is 0 Å². The summed E-state index contributed by atoms with van der Waals surface area (Å²) >= 11 is 0. The van der Waals surface area contributed by atoms with Gasteiger partial charge in [-0.25, -0.2) is 0 Å². The molecule has 1 atom stereocenters. The number of ether oxygens (including phenoxy) is 1. The Labute approximate surface area is 123 Å². The molecule has 5 nitrogen and oxygen atoms in total. The molecule has 1 aliphatic rings. The maximum Gasteiger partial charge on any atom is 0.249 e. The molecule has 1 amide bonds. The minimum absolute atomic E-state index is 0.208. The van der Waals surface area contributed by atoms with Crippen molar-refractivity contribution in [2.75, 3.05) is 12.4 Å². The first-order chi connectivity index (χ1) is 10.1. The number of carbonyl (C=O) groups is 1. The lowest BCUT2D eigenvalue weighted by Crippen LogP contribution is -2.46. The number of hydrogen-bond donors (Lipinski definition) is 2. The van der Waals surface area contributed by atoms with Gasteiger partial charge in [0.1, 0.15) is 11.3 Å². The fraction of sp³-hybridized carbons (Fsp3) is 0.250. The molecule has 0 aliphatic heterocycles. The highest BCUT2D eigenvalue weighted by Gasteiger charge is 2.42. The molecule has 0 saturated carbocycles. The summed E-state index contributed by atoms with van der Waals surface area (Å²) in [5.74, 6) is 0.581. The van der Waals surface area contributed by atoms with Crippen LogP contribution < -0.4 is 15.8 Å². The van der Waals surface area contributed by atoms with Gasteiger partial charge in [0.05, 0.1) is 7.11 Å². The van der Waals surface area contributed by atoms with Crippen molar-refractivity contribution in [3.8, 4) is 5.75 Å². The van der Waals surface area contributed by atoms with E-state index in [-0.39, 0.29) is 5.91 Å². The van der Waals surface area contributed by atoms with Gasteiger partial charge in [-0.1, -0.05) is 12.1 Å². The molecule has 0 bridgehead atoms. The molecule has 1 heterocycles. The van der Waals surface area contributed by atoms with E-state index in [0.29, 0.717) is 12.1 Å². The third-order valence-corrected chi connectivity index (χ3v) is 3.95. The molecule has 5 heteroatoms. The van der Waals surface area contributed by atoms with E-state index in [1.54, 1.807) is 31.6 Å². The highest BCUT2D eigenvalue weighted by molar-refractivity contribution is 5.99. The van der Waals surface area contributed by atoms with Crippen molar-refractivity contribution in [2.45, 2.75) is 18.4 Å². The summed E-state index contributed by atoms with van der Waals surface area (Å²) in [7, 11) is 1.63. The number of hydrogen-bond acceptors (Lipinski definition) is 4. The zero-order chi connectivity index (χ0) is 14.9. The molecular formula is C16H17N3O2. The lowest BCUT2D eigenvalue weighted by atomic mass is 9.91. The predicted octanol–water partition coefficient (Wildman–Crippen LogP) is 1.83. The molecule has 1 aromatic heterocycles. The average molecular weight is 283 g/mol. The van der Waals surface area contributed by atoms with Gasteiger partial charge >= 0.3 is 0 Å². The van der Waals surface area contributed by atoms with Gasteiger partial charge in [0.2, 0.25) is 5.91 Å². The van der Waals surface area contributed by atoms with Gasteiger partial charge in [0.15, 0.2) is 0 Å². The van der Waals surface area contributed by atoms with Crippen LogP contribution in [0.3, 0.4) is 0 Å². The molecule has 1 aliphatic carbocycles. The number of methoxy groups -OCH3 is 1. The Bertz CT molecular complexity index is 672. The summed E-state index contributed by atoms with van der Waals surface area (Å²) in [5, 5.41) is 2.86. The van der Waals surface area contributed by atoms with E-state index in [9.17, 15) is 4.79 Å². The van der Waals surface area contributed by atoms with E-state index in [1.807, 2.05) is 18.2 Å². The van der Waals surface area contributed by atoms with Crippen molar-refractivity contribution in [3.05, 3.63) is 53.9 Å². The number of amides is 1. The summed E-state index contributed by atoms with van der Waals surface area (Å²) in [4.78, 5) is 16.5. The number of nitrogens with zero attached hydrogens (tertiary/aromatic N) is 1. The Morgan fingerprint density at radius 1 is 1.33 bits per heavy atom. The van der Waals surface area contributed by atoms with Crippen LogP contribution in [0, 0.1) is 0 Å². The number of fused-ring (bicyclic) bond motifs is 1. The number of aromatic nitrogens is 1. The molecule has 0 saturated heterocycles. The zero-order valence-corrected chi connectivity index (χ0v) is 11.8. The first-order valence-electron chi connectivity index (χ1n) is 6.82. The average Bonchev–Trinajstić information content (AvgIpc) is 2.87. The third kappa shape index (κ3) is 2.25. The summed E-state index contributed by atoms with van der Waals surface area (Å²) in [5.41, 5.74) is 7.93. The standard InChI is InChI=1S/C16H17N3O2/c1-21-14-4-2-3-13-12(14)5-8-16(13,17)15(20)19-11-6-9-18-10-7-11/h2-4,6-7,9-10H,5,8,17H2,1H3,(H,18,19,20). The first-order valence-corrected chi connectivity index (χ1v) is 6.82. The second-order valence-electron chi connectivity index (χ2n) is 5.15. The van der Waals surface area contributed by atoms with E-state index in [4.69, 9.17) is 10.5 Å². The summed E-state index contributed by atoms with van der Waals surface area (Å²) in [6, 6.07) is 9.14. The Morgan fingerprint density at radius 2 is 2.10 bits per heavy atom. The second kappa shape index (κ2) is 5.18. The number of nitrogens with one attached hydrogen (secondary N) is 1. The number of carbonyl (C=O) groups excluding carboxylic acids is 1. The fourth-order valence-electron chi connectivity index (χ4n) is 2.80. The zero-order valence-electron chi connectivity index (χ0n) is 11.8. The summed E-state index contributed by atoms with van der Waals surface area (Å²) in [6.07, 6.45) is 4.56. The second-order valence-corrected chi connectivity index (χ2v) is 5.15. The van der Waals surface area contributed by atoms with Gasteiger partial charge in [-0.2, -0.15) is 0 Å². The minimum Gasteiger partial charge on any atom is -0.496 e. The van der Waals surface area contributed by atoms with E-state index >= 15 is 0 Å². The van der Waals surface area contributed by atoms with Crippen LogP contribution in [-0.4, -0.2) is 18.0 Å². The van der Waals surface area contributed by atoms with Crippen molar-refractivity contribution in [2.24, 2.45) is 5.73 Å². The van der Waals surface area contributed by atoms with Crippen molar-refractivity contribution in [3.63, 3.8) is 0 Å². The van der Waals surface area contributed by atoms with Gasteiger partial charge in [0, 0.05) is 18.1 Å². The molecule has 0 fully saturated rings. The first kappa shape index (κ1) is 13.6. The molecule has 1 aromatic carbocycles. The van der Waals surface area contributed by atoms with Crippen molar-refractivity contribution < 1.29 is 9.53 Å². The Hall–Kier alpha value is -2.40. The Kier molecular flexibility index (Phi) is 3.35. The third-order valence-electron chi connectivity index (χ3n) is 3.95. The molecular weight excluding hydrogens is 266 g/mol. The van der Waals surface area contributed by atoms with Crippen LogP contribution in [0.1, 0.15) is 17.5 Å². The number of pyridine rings is 1. The van der Waals surface area contributed by atoms with Crippen LogP contribution in [0.25, 0.3) is 0 Å². The van der Waals surface area contributed by atoms with Gasteiger partial charge in [-0.15, -0.1) is 0 Å². The van der Waals surface area contributed by atoms with E-state index < -0.39 is 5.54 Å². The van der Waals surface area contributed by atoms with Crippen LogP contribution in [0.4, 0.5) is 5.69 Å². The molecule has 3 rings (SSSR count). The number of rotatable bonds is 3. The van der Waals surface area contributed by atoms with Crippen LogP contribution in [0.2, 0.25) is 0 Å². The monoisotopic (exact) mass is 283 g/mol. The maximum atomic E-state index is 12.6. The molecule has 2 aromatic rings. The number of nitrogens with two attached hydrogens (primary N) is 1. The van der Waals surface area contributed by atoms with E-state index in [2.05, 4.69) is 10.3 Å². The largest absolute Gasteiger partial charge is 0.496 e. The number of benzene rings is 1. The smallest absolute Gasteiger partial charge is 0.249 e. The van der Waals surface area contributed by atoms with Gasteiger partial charge in [-0.3, -0.25) is 9.78 Å². The topological polar surface area (TPSA) is 77.2 Å². The van der Waals surface area contributed by atoms with Gasteiger partial charge in [0.25, 0.3) is 0 Å². The van der Waals surface area contributed by atoms with Crippen molar-refractivity contribution in [1.29, 1.82) is 0 Å². The molecule has 0 spiro atoms. The fourth-order valence-corrected chi connectivity index (χ4v) is 2.80. The van der Waals surface area contributed by atoms with Crippen LogP contribution in [0.5, 0.6) is 5.75 Å².